The fourth-order valence-corrected chi connectivity index (χ4v) is 2.78. The van der Waals surface area contributed by atoms with Crippen LogP contribution >= 0.6 is 11.8 Å². The van der Waals surface area contributed by atoms with Crippen LogP contribution in [0.25, 0.3) is 5.52 Å². The van der Waals surface area contributed by atoms with Gasteiger partial charge in [0, 0.05) is 17.7 Å². The number of aromatic nitrogens is 3. The lowest BCUT2D eigenvalue weighted by Gasteiger charge is -2.12. The zero-order chi connectivity index (χ0) is 16.4. The van der Waals surface area contributed by atoms with Gasteiger partial charge in [0.1, 0.15) is 0 Å². The quantitative estimate of drug-likeness (QED) is 0.743. The Morgan fingerprint density at radius 3 is 2.96 bits per heavy atom. The van der Waals surface area contributed by atoms with Crippen LogP contribution in [0.2, 0.25) is 0 Å². The fraction of sp³-hybridized carbons (Fsp3) is 0.312. The Bertz CT molecular complexity index is 832. The lowest BCUT2D eigenvalue weighted by Crippen LogP contribution is -2.14. The Kier molecular flexibility index (Phi) is 4.12. The maximum Gasteiger partial charge on any atom is 0.237 e. The van der Waals surface area contributed by atoms with E-state index in [4.69, 9.17) is 4.52 Å². The van der Waals surface area contributed by atoms with Crippen LogP contribution in [0.1, 0.15) is 26.5 Å². The van der Waals surface area contributed by atoms with Gasteiger partial charge in [-0.15, -0.1) is 0 Å². The lowest BCUT2D eigenvalue weighted by molar-refractivity contribution is -0.113. The molecule has 6 nitrogen and oxygen atoms in total. The number of carbonyl (C=O) groups is 1. The first-order valence-corrected chi connectivity index (χ1v) is 8.24. The molecule has 3 rings (SSSR count). The SMILES string of the molecule is CC(C)(C)c1cc(NC(=O)CSc2ncc3ccccn23)on1. The summed E-state index contributed by atoms with van der Waals surface area (Å²) >= 11 is 1.37. The third-order valence-electron chi connectivity index (χ3n) is 3.28. The molecule has 0 spiro atoms. The molecule has 0 aliphatic rings. The number of anilines is 1. The highest BCUT2D eigenvalue weighted by Gasteiger charge is 2.19. The Balaban J connectivity index is 1.60. The number of carbonyl (C=O) groups excluding carboxylic acids is 1. The smallest absolute Gasteiger partial charge is 0.237 e. The van der Waals surface area contributed by atoms with E-state index >= 15 is 0 Å². The normalized spacial score (nSPS) is 11.8. The van der Waals surface area contributed by atoms with E-state index in [1.165, 1.54) is 11.8 Å². The van der Waals surface area contributed by atoms with E-state index in [-0.39, 0.29) is 17.1 Å². The summed E-state index contributed by atoms with van der Waals surface area (Å²) in [6.07, 6.45) is 3.71. The van der Waals surface area contributed by atoms with Crippen LogP contribution in [0.4, 0.5) is 5.88 Å². The zero-order valence-corrected chi connectivity index (χ0v) is 14.1. The molecular formula is C16H18N4O2S. The molecule has 0 aliphatic carbocycles. The molecular weight excluding hydrogens is 312 g/mol. The van der Waals surface area contributed by atoms with Crippen molar-refractivity contribution < 1.29 is 9.32 Å². The van der Waals surface area contributed by atoms with E-state index in [0.29, 0.717) is 5.88 Å². The fourth-order valence-electron chi connectivity index (χ4n) is 2.02. The molecule has 0 radical (unpaired) electrons. The molecule has 0 atom stereocenters. The molecule has 0 fully saturated rings. The van der Waals surface area contributed by atoms with E-state index in [1.807, 2.05) is 49.6 Å². The summed E-state index contributed by atoms with van der Waals surface area (Å²) in [5.74, 6) is 0.465. The first-order chi connectivity index (χ1) is 10.9. The van der Waals surface area contributed by atoms with E-state index in [2.05, 4.69) is 15.5 Å². The first-order valence-electron chi connectivity index (χ1n) is 7.25. The van der Waals surface area contributed by atoms with Crippen molar-refractivity contribution in [2.45, 2.75) is 31.3 Å². The van der Waals surface area contributed by atoms with Crippen LogP contribution in [0.15, 0.2) is 46.3 Å². The minimum absolute atomic E-state index is 0.115. The third kappa shape index (κ3) is 3.56. The number of pyridine rings is 1. The second-order valence-corrected chi connectivity index (χ2v) is 7.14. The minimum Gasteiger partial charge on any atom is -0.338 e. The molecule has 3 heterocycles. The van der Waals surface area contributed by atoms with Crippen molar-refractivity contribution in [2.75, 3.05) is 11.1 Å². The first kappa shape index (κ1) is 15.6. The molecule has 1 amide bonds. The van der Waals surface area contributed by atoms with Crippen molar-refractivity contribution >= 4 is 29.1 Å². The Labute approximate surface area is 138 Å². The number of amides is 1. The van der Waals surface area contributed by atoms with Gasteiger partial charge in [-0.3, -0.25) is 14.5 Å². The van der Waals surface area contributed by atoms with Crippen molar-refractivity contribution in [2.24, 2.45) is 0 Å². The minimum atomic E-state index is -0.153. The number of nitrogens with zero attached hydrogens (tertiary/aromatic N) is 3. The highest BCUT2D eigenvalue weighted by molar-refractivity contribution is 7.99. The maximum absolute atomic E-state index is 12.0. The molecule has 120 valence electrons. The predicted molar refractivity (Wildman–Crippen MR) is 89.7 cm³/mol. The maximum atomic E-state index is 12.0. The summed E-state index contributed by atoms with van der Waals surface area (Å²) in [5.41, 5.74) is 1.69. The van der Waals surface area contributed by atoms with Gasteiger partial charge in [-0.25, -0.2) is 4.98 Å². The van der Waals surface area contributed by atoms with Gasteiger partial charge in [0.2, 0.25) is 11.8 Å². The molecule has 0 saturated carbocycles. The topological polar surface area (TPSA) is 72.4 Å². The number of nitrogens with one attached hydrogen (secondary N) is 1. The average Bonchev–Trinajstić information content (AvgIpc) is 3.11. The molecule has 0 unspecified atom stereocenters. The van der Waals surface area contributed by atoms with Crippen LogP contribution < -0.4 is 5.32 Å². The van der Waals surface area contributed by atoms with Crippen LogP contribution in [-0.4, -0.2) is 26.2 Å². The number of rotatable bonds is 4. The summed E-state index contributed by atoms with van der Waals surface area (Å²) in [4.78, 5) is 16.4. The van der Waals surface area contributed by atoms with Crippen LogP contribution in [0, 0.1) is 0 Å². The summed E-state index contributed by atoms with van der Waals surface area (Å²) < 4.78 is 7.11. The molecule has 0 saturated heterocycles. The summed E-state index contributed by atoms with van der Waals surface area (Å²) in [6.45, 7) is 6.11. The molecule has 0 aromatic carbocycles. The number of thioether (sulfide) groups is 1. The van der Waals surface area contributed by atoms with Crippen molar-refractivity contribution in [1.29, 1.82) is 0 Å². The Morgan fingerprint density at radius 2 is 2.22 bits per heavy atom. The Hall–Kier alpha value is -2.28. The molecule has 1 N–H and O–H groups in total. The second-order valence-electron chi connectivity index (χ2n) is 6.20. The summed E-state index contributed by atoms with van der Waals surface area (Å²) in [7, 11) is 0. The van der Waals surface area contributed by atoms with Crippen LogP contribution in [-0.2, 0) is 10.2 Å². The second kappa shape index (κ2) is 6.08. The summed E-state index contributed by atoms with van der Waals surface area (Å²) in [6, 6.07) is 7.61. The zero-order valence-electron chi connectivity index (χ0n) is 13.2. The highest BCUT2D eigenvalue weighted by atomic mass is 32.2. The average molecular weight is 330 g/mol. The summed E-state index contributed by atoms with van der Waals surface area (Å²) in [5, 5.41) is 7.48. The van der Waals surface area contributed by atoms with Crippen molar-refractivity contribution in [3.8, 4) is 0 Å². The number of fused-ring (bicyclic) bond motifs is 1. The van der Waals surface area contributed by atoms with Gasteiger partial charge in [0.15, 0.2) is 5.16 Å². The predicted octanol–water partition coefficient (Wildman–Crippen LogP) is 3.35. The van der Waals surface area contributed by atoms with Crippen molar-refractivity contribution in [1.82, 2.24) is 14.5 Å². The van der Waals surface area contributed by atoms with Crippen molar-refractivity contribution in [3.63, 3.8) is 0 Å². The monoisotopic (exact) mass is 330 g/mol. The highest BCUT2D eigenvalue weighted by Crippen LogP contribution is 2.24. The van der Waals surface area contributed by atoms with Gasteiger partial charge in [0.25, 0.3) is 0 Å². The molecule has 23 heavy (non-hydrogen) atoms. The standard InChI is InChI=1S/C16H18N4O2S/c1-16(2,3)12-8-14(22-19-12)18-13(21)10-23-15-17-9-11-6-4-5-7-20(11)15/h4-9H,10H2,1-3H3,(H,18,21). The van der Waals surface area contributed by atoms with E-state index in [9.17, 15) is 4.79 Å². The molecule has 7 heteroatoms. The number of hydrogen-bond donors (Lipinski definition) is 1. The van der Waals surface area contributed by atoms with Crippen LogP contribution in [0.5, 0.6) is 0 Å². The molecule has 3 aromatic rings. The van der Waals surface area contributed by atoms with Crippen LogP contribution in [0.3, 0.4) is 0 Å². The van der Waals surface area contributed by atoms with Gasteiger partial charge in [-0.1, -0.05) is 43.8 Å². The lowest BCUT2D eigenvalue weighted by atomic mass is 9.92. The van der Waals surface area contributed by atoms with E-state index in [1.54, 1.807) is 12.3 Å². The van der Waals surface area contributed by atoms with Crippen molar-refractivity contribution in [3.05, 3.63) is 42.4 Å². The largest absolute Gasteiger partial charge is 0.338 e. The van der Waals surface area contributed by atoms with Gasteiger partial charge >= 0.3 is 0 Å². The third-order valence-corrected chi connectivity index (χ3v) is 4.25. The van der Waals surface area contributed by atoms with E-state index < -0.39 is 0 Å². The van der Waals surface area contributed by atoms with Gasteiger partial charge in [-0.05, 0) is 12.1 Å². The number of imidazole rings is 1. The Morgan fingerprint density at radius 1 is 1.39 bits per heavy atom. The van der Waals surface area contributed by atoms with Gasteiger partial charge in [0.05, 0.1) is 23.2 Å². The van der Waals surface area contributed by atoms with Gasteiger partial charge in [-0.2, -0.15) is 0 Å². The van der Waals surface area contributed by atoms with Gasteiger partial charge < -0.3 is 4.52 Å². The molecule has 0 aliphatic heterocycles. The van der Waals surface area contributed by atoms with E-state index in [0.717, 1.165) is 16.4 Å². The molecule has 3 aromatic heterocycles. The molecule has 0 bridgehead atoms. The number of hydrogen-bond acceptors (Lipinski definition) is 5.